The van der Waals surface area contributed by atoms with Crippen LogP contribution in [0, 0.1) is 12.8 Å². The molecule has 1 aliphatic carbocycles. The van der Waals surface area contributed by atoms with E-state index in [1.54, 1.807) is 0 Å². The quantitative estimate of drug-likeness (QED) is 0.384. The SMILES string of the molecule is CCOC(CCN=C(N)Nc1cccc(C)c1)C1CCCC1.I. The summed E-state index contributed by atoms with van der Waals surface area (Å²) in [7, 11) is 0. The summed E-state index contributed by atoms with van der Waals surface area (Å²) in [6.07, 6.45) is 6.57. The maximum Gasteiger partial charge on any atom is 0.193 e. The molecular weight excluding hydrogens is 401 g/mol. The zero-order valence-corrected chi connectivity index (χ0v) is 16.6. The molecule has 2 rings (SSSR count). The van der Waals surface area contributed by atoms with Crippen molar-refractivity contribution >= 4 is 35.6 Å². The van der Waals surface area contributed by atoms with Gasteiger partial charge in [-0.15, -0.1) is 24.0 Å². The molecule has 130 valence electrons. The number of guanidine groups is 1. The summed E-state index contributed by atoms with van der Waals surface area (Å²) in [6.45, 7) is 5.62. The molecule has 1 atom stereocenters. The predicted octanol–water partition coefficient (Wildman–Crippen LogP) is 4.33. The van der Waals surface area contributed by atoms with Crippen LogP contribution in [0.3, 0.4) is 0 Å². The van der Waals surface area contributed by atoms with Gasteiger partial charge >= 0.3 is 0 Å². The molecule has 1 aliphatic rings. The van der Waals surface area contributed by atoms with Crippen LogP contribution in [0.15, 0.2) is 29.3 Å². The second-order valence-corrected chi connectivity index (χ2v) is 6.09. The van der Waals surface area contributed by atoms with E-state index < -0.39 is 0 Å². The topological polar surface area (TPSA) is 59.6 Å². The van der Waals surface area contributed by atoms with Gasteiger partial charge in [-0.2, -0.15) is 0 Å². The lowest BCUT2D eigenvalue weighted by molar-refractivity contribution is 0.0178. The van der Waals surface area contributed by atoms with Crippen LogP contribution in [0.1, 0.15) is 44.6 Å². The average molecular weight is 431 g/mol. The van der Waals surface area contributed by atoms with Gasteiger partial charge < -0.3 is 15.8 Å². The number of nitrogens with one attached hydrogen (secondary N) is 1. The molecule has 0 saturated heterocycles. The molecule has 5 heteroatoms. The number of ether oxygens (including phenoxy) is 1. The van der Waals surface area contributed by atoms with Crippen molar-refractivity contribution in [2.75, 3.05) is 18.5 Å². The second kappa shape index (κ2) is 10.9. The van der Waals surface area contributed by atoms with Gasteiger partial charge in [0.1, 0.15) is 0 Å². The van der Waals surface area contributed by atoms with E-state index in [4.69, 9.17) is 10.5 Å². The van der Waals surface area contributed by atoms with E-state index in [9.17, 15) is 0 Å². The minimum absolute atomic E-state index is 0. The van der Waals surface area contributed by atoms with E-state index >= 15 is 0 Å². The molecular formula is C18H30IN3O. The van der Waals surface area contributed by atoms with E-state index in [1.165, 1.54) is 31.2 Å². The van der Waals surface area contributed by atoms with Crippen LogP contribution in [0.4, 0.5) is 5.69 Å². The summed E-state index contributed by atoms with van der Waals surface area (Å²) in [5, 5.41) is 3.14. The molecule has 23 heavy (non-hydrogen) atoms. The fourth-order valence-electron chi connectivity index (χ4n) is 3.22. The first-order chi connectivity index (χ1) is 10.7. The predicted molar refractivity (Wildman–Crippen MR) is 109 cm³/mol. The van der Waals surface area contributed by atoms with Gasteiger partial charge in [0.05, 0.1) is 6.10 Å². The molecule has 0 bridgehead atoms. The lowest BCUT2D eigenvalue weighted by Crippen LogP contribution is -2.26. The van der Waals surface area contributed by atoms with Crippen molar-refractivity contribution in [3.63, 3.8) is 0 Å². The zero-order valence-electron chi connectivity index (χ0n) is 14.3. The Hall–Kier alpha value is -0.820. The van der Waals surface area contributed by atoms with Crippen molar-refractivity contribution in [3.8, 4) is 0 Å². The standard InChI is InChI=1S/C18H29N3O.HI/c1-3-22-17(15-8-4-5-9-15)11-12-20-18(19)21-16-10-6-7-14(2)13-16;/h6-7,10,13,15,17H,3-5,8-9,11-12H2,1-2H3,(H3,19,20,21);1H. The number of halogens is 1. The summed E-state index contributed by atoms with van der Waals surface area (Å²) in [6, 6.07) is 8.13. The number of hydrogen-bond donors (Lipinski definition) is 2. The number of rotatable bonds is 7. The van der Waals surface area contributed by atoms with E-state index in [0.717, 1.165) is 18.7 Å². The molecule has 0 radical (unpaired) electrons. The van der Waals surface area contributed by atoms with Gasteiger partial charge in [0.25, 0.3) is 0 Å². The molecule has 0 amide bonds. The van der Waals surface area contributed by atoms with E-state index in [0.29, 0.717) is 24.5 Å². The molecule has 0 aliphatic heterocycles. The van der Waals surface area contributed by atoms with Gasteiger partial charge in [-0.3, -0.25) is 4.99 Å². The maximum absolute atomic E-state index is 5.97. The number of nitrogens with zero attached hydrogens (tertiary/aromatic N) is 1. The Kier molecular flexibility index (Phi) is 9.55. The minimum atomic E-state index is 0. The van der Waals surface area contributed by atoms with E-state index in [2.05, 4.69) is 36.3 Å². The maximum atomic E-state index is 5.97. The highest BCUT2D eigenvalue weighted by molar-refractivity contribution is 14.0. The van der Waals surface area contributed by atoms with Crippen molar-refractivity contribution in [1.29, 1.82) is 0 Å². The van der Waals surface area contributed by atoms with Gasteiger partial charge in [-0.1, -0.05) is 25.0 Å². The second-order valence-electron chi connectivity index (χ2n) is 6.09. The smallest absolute Gasteiger partial charge is 0.193 e. The summed E-state index contributed by atoms with van der Waals surface area (Å²) < 4.78 is 5.91. The van der Waals surface area contributed by atoms with Gasteiger partial charge in [0.2, 0.25) is 0 Å². The summed E-state index contributed by atoms with van der Waals surface area (Å²) >= 11 is 0. The Balaban J connectivity index is 0.00000264. The van der Waals surface area contributed by atoms with Crippen molar-refractivity contribution in [3.05, 3.63) is 29.8 Å². The van der Waals surface area contributed by atoms with Crippen molar-refractivity contribution in [2.24, 2.45) is 16.6 Å². The largest absolute Gasteiger partial charge is 0.378 e. The minimum Gasteiger partial charge on any atom is -0.378 e. The Bertz CT molecular complexity index is 487. The fourth-order valence-corrected chi connectivity index (χ4v) is 3.22. The van der Waals surface area contributed by atoms with Gasteiger partial charge in [0.15, 0.2) is 5.96 Å². The number of benzene rings is 1. The highest BCUT2D eigenvalue weighted by Crippen LogP contribution is 2.30. The van der Waals surface area contributed by atoms with Crippen molar-refractivity contribution in [1.82, 2.24) is 0 Å². The highest BCUT2D eigenvalue weighted by Gasteiger charge is 2.24. The van der Waals surface area contributed by atoms with Crippen LogP contribution in [-0.4, -0.2) is 25.2 Å². The Morgan fingerprint density at radius 3 is 2.78 bits per heavy atom. The van der Waals surface area contributed by atoms with Crippen LogP contribution in [0.25, 0.3) is 0 Å². The molecule has 1 saturated carbocycles. The Morgan fingerprint density at radius 2 is 2.13 bits per heavy atom. The molecule has 4 nitrogen and oxygen atoms in total. The Morgan fingerprint density at radius 1 is 1.39 bits per heavy atom. The first-order valence-electron chi connectivity index (χ1n) is 8.44. The molecule has 0 aromatic heterocycles. The van der Waals surface area contributed by atoms with Crippen LogP contribution < -0.4 is 11.1 Å². The van der Waals surface area contributed by atoms with Gasteiger partial charge in [-0.25, -0.2) is 0 Å². The summed E-state index contributed by atoms with van der Waals surface area (Å²) in [5.41, 5.74) is 8.16. The fraction of sp³-hybridized carbons (Fsp3) is 0.611. The first-order valence-corrected chi connectivity index (χ1v) is 8.44. The summed E-state index contributed by atoms with van der Waals surface area (Å²) in [4.78, 5) is 4.45. The molecule has 1 aromatic rings. The number of aryl methyl sites for hydroxylation is 1. The van der Waals surface area contributed by atoms with Crippen LogP contribution in [-0.2, 0) is 4.74 Å². The molecule has 1 unspecified atom stereocenters. The van der Waals surface area contributed by atoms with E-state index in [-0.39, 0.29) is 24.0 Å². The summed E-state index contributed by atoms with van der Waals surface area (Å²) in [5.74, 6) is 1.19. The molecule has 0 heterocycles. The van der Waals surface area contributed by atoms with Crippen LogP contribution in [0.5, 0.6) is 0 Å². The van der Waals surface area contributed by atoms with Crippen LogP contribution in [0.2, 0.25) is 0 Å². The molecule has 3 N–H and O–H groups in total. The lowest BCUT2D eigenvalue weighted by Gasteiger charge is -2.22. The number of aliphatic imine (C=N–C) groups is 1. The molecule has 0 spiro atoms. The monoisotopic (exact) mass is 431 g/mol. The number of anilines is 1. The number of nitrogens with two attached hydrogens (primary N) is 1. The number of hydrogen-bond acceptors (Lipinski definition) is 2. The third kappa shape index (κ3) is 7.08. The lowest BCUT2D eigenvalue weighted by atomic mass is 9.98. The molecule has 1 aromatic carbocycles. The zero-order chi connectivity index (χ0) is 15.8. The van der Waals surface area contributed by atoms with Crippen molar-refractivity contribution < 1.29 is 4.74 Å². The normalized spacial score (nSPS) is 16.9. The van der Waals surface area contributed by atoms with Gasteiger partial charge in [-0.05, 0) is 56.7 Å². The van der Waals surface area contributed by atoms with Gasteiger partial charge in [0, 0.05) is 18.8 Å². The third-order valence-electron chi connectivity index (χ3n) is 4.29. The highest BCUT2D eigenvalue weighted by atomic mass is 127. The Labute approximate surface area is 157 Å². The molecule has 1 fully saturated rings. The van der Waals surface area contributed by atoms with E-state index in [1.807, 2.05) is 12.1 Å². The average Bonchev–Trinajstić information content (AvgIpc) is 3.00. The van der Waals surface area contributed by atoms with Crippen molar-refractivity contribution in [2.45, 2.75) is 52.1 Å². The first kappa shape index (κ1) is 20.2. The van der Waals surface area contributed by atoms with Crippen LogP contribution >= 0.6 is 24.0 Å². The third-order valence-corrected chi connectivity index (χ3v) is 4.29.